The first-order chi connectivity index (χ1) is 10.0. The first-order valence-electron chi connectivity index (χ1n) is 6.99. The largest absolute Gasteiger partial charge is 0.371 e. The Balaban J connectivity index is 2.02. The normalized spacial score (nSPS) is 15.8. The number of amides is 1. The van der Waals surface area contributed by atoms with Gasteiger partial charge in [0.05, 0.1) is 10.6 Å². The van der Waals surface area contributed by atoms with E-state index in [0.717, 1.165) is 31.6 Å². The highest BCUT2D eigenvalue weighted by Crippen LogP contribution is 2.32. The summed E-state index contributed by atoms with van der Waals surface area (Å²) < 4.78 is 0.716. The number of carbonyl (C=O) groups excluding carboxylic acids is 1. The van der Waals surface area contributed by atoms with E-state index in [2.05, 4.69) is 26.1 Å². The molecule has 21 heavy (non-hydrogen) atoms. The Kier molecular flexibility index (Phi) is 5.17. The molecule has 1 aromatic rings. The lowest BCUT2D eigenvalue weighted by atomic mass is 9.95. The van der Waals surface area contributed by atoms with Crippen LogP contribution < -0.4 is 10.2 Å². The van der Waals surface area contributed by atoms with E-state index in [0.29, 0.717) is 11.0 Å². The van der Waals surface area contributed by atoms with Crippen molar-refractivity contribution in [3.05, 3.63) is 32.8 Å². The monoisotopic (exact) mass is 355 g/mol. The van der Waals surface area contributed by atoms with Crippen molar-refractivity contribution < 1.29 is 9.72 Å². The topological polar surface area (TPSA) is 75.5 Å². The van der Waals surface area contributed by atoms with E-state index < -0.39 is 4.92 Å². The summed E-state index contributed by atoms with van der Waals surface area (Å²) in [4.78, 5) is 24.3. The van der Waals surface area contributed by atoms with Gasteiger partial charge in [-0.2, -0.15) is 0 Å². The number of hydrogen-bond donors (Lipinski definition) is 1. The Morgan fingerprint density at radius 1 is 1.48 bits per heavy atom. The number of nitrogens with zero attached hydrogens (tertiary/aromatic N) is 2. The molecule has 1 N–H and O–H groups in total. The minimum absolute atomic E-state index is 0.0676. The summed E-state index contributed by atoms with van der Waals surface area (Å²) in [5, 5.41) is 13.6. The lowest BCUT2D eigenvalue weighted by Gasteiger charge is -2.33. The van der Waals surface area contributed by atoms with Gasteiger partial charge < -0.3 is 10.2 Å². The summed E-state index contributed by atoms with van der Waals surface area (Å²) >= 11 is 3.39. The van der Waals surface area contributed by atoms with Crippen LogP contribution in [0.15, 0.2) is 22.7 Å². The molecule has 6 nitrogen and oxygen atoms in total. The van der Waals surface area contributed by atoms with E-state index >= 15 is 0 Å². The third-order valence-electron chi connectivity index (χ3n) is 3.70. The number of nitro benzene ring substituents is 1. The van der Waals surface area contributed by atoms with Crippen molar-refractivity contribution in [1.29, 1.82) is 0 Å². The van der Waals surface area contributed by atoms with E-state index in [9.17, 15) is 14.9 Å². The van der Waals surface area contributed by atoms with Gasteiger partial charge in [-0.3, -0.25) is 14.9 Å². The zero-order valence-electron chi connectivity index (χ0n) is 11.8. The fourth-order valence-electron chi connectivity index (χ4n) is 2.57. The van der Waals surface area contributed by atoms with Gasteiger partial charge in [0.15, 0.2) is 0 Å². The number of nitro groups is 1. The van der Waals surface area contributed by atoms with Gasteiger partial charge >= 0.3 is 0 Å². The number of carbonyl (C=O) groups is 1. The molecular formula is C14H18BrN3O3. The highest BCUT2D eigenvalue weighted by atomic mass is 79.9. The zero-order valence-corrected chi connectivity index (χ0v) is 13.4. The molecule has 0 aromatic heterocycles. The van der Waals surface area contributed by atoms with Gasteiger partial charge in [-0.05, 0) is 41.8 Å². The lowest BCUT2D eigenvalue weighted by molar-refractivity contribution is -0.384. The van der Waals surface area contributed by atoms with Gasteiger partial charge in [0.2, 0.25) is 5.91 Å². The van der Waals surface area contributed by atoms with E-state index in [1.807, 2.05) is 6.92 Å². The molecule has 0 atom stereocenters. The molecule has 0 spiro atoms. The summed E-state index contributed by atoms with van der Waals surface area (Å²) in [6.07, 6.45) is 1.60. The van der Waals surface area contributed by atoms with Crippen LogP contribution in [0.2, 0.25) is 0 Å². The van der Waals surface area contributed by atoms with Crippen LogP contribution in [0.3, 0.4) is 0 Å². The van der Waals surface area contributed by atoms with Crippen LogP contribution in [0.1, 0.15) is 19.8 Å². The number of benzene rings is 1. The van der Waals surface area contributed by atoms with Crippen LogP contribution in [0.5, 0.6) is 0 Å². The maximum atomic E-state index is 11.8. The molecule has 1 aromatic carbocycles. The summed E-state index contributed by atoms with van der Waals surface area (Å²) in [6.45, 7) is 4.13. The SMILES string of the molecule is CCNC(=O)C1CCN(c2ccc([N+](=O)[O-])cc2Br)CC1. The molecule has 114 valence electrons. The van der Waals surface area contributed by atoms with E-state index in [1.54, 1.807) is 6.07 Å². The van der Waals surface area contributed by atoms with E-state index in [4.69, 9.17) is 0 Å². The molecule has 0 aliphatic carbocycles. The Bertz CT molecular complexity index is 542. The van der Waals surface area contributed by atoms with E-state index in [1.165, 1.54) is 12.1 Å². The fraction of sp³-hybridized carbons (Fsp3) is 0.500. The van der Waals surface area contributed by atoms with Crippen LogP contribution in [0.4, 0.5) is 11.4 Å². The number of nitrogens with one attached hydrogen (secondary N) is 1. The average Bonchev–Trinajstić information content (AvgIpc) is 2.47. The Labute approximate surface area is 131 Å². The van der Waals surface area contributed by atoms with Gasteiger partial charge in [-0.15, -0.1) is 0 Å². The maximum Gasteiger partial charge on any atom is 0.270 e. The highest BCUT2D eigenvalue weighted by molar-refractivity contribution is 9.10. The molecule has 0 saturated carbocycles. The molecule has 1 aliphatic rings. The third-order valence-corrected chi connectivity index (χ3v) is 4.33. The standard InChI is InChI=1S/C14H18BrN3O3/c1-2-16-14(19)10-5-7-17(8-6-10)13-4-3-11(18(20)21)9-12(13)15/h3-4,9-10H,2,5-8H2,1H3,(H,16,19). The van der Waals surface area contributed by atoms with Gasteiger partial charge in [-0.1, -0.05) is 0 Å². The van der Waals surface area contributed by atoms with Crippen molar-refractivity contribution in [2.75, 3.05) is 24.5 Å². The summed E-state index contributed by atoms with van der Waals surface area (Å²) in [5.74, 6) is 0.193. The van der Waals surface area contributed by atoms with Crippen LogP contribution in [0.25, 0.3) is 0 Å². The smallest absolute Gasteiger partial charge is 0.270 e. The summed E-state index contributed by atoms with van der Waals surface area (Å²) in [6, 6.07) is 4.79. The molecular weight excluding hydrogens is 338 g/mol. The van der Waals surface area contributed by atoms with Crippen molar-refractivity contribution in [3.8, 4) is 0 Å². The second-order valence-corrected chi connectivity index (χ2v) is 5.90. The van der Waals surface area contributed by atoms with Crippen LogP contribution in [-0.2, 0) is 4.79 Å². The molecule has 0 unspecified atom stereocenters. The Hall–Kier alpha value is -1.63. The lowest BCUT2D eigenvalue weighted by Crippen LogP contribution is -2.40. The third kappa shape index (κ3) is 3.72. The molecule has 1 amide bonds. The van der Waals surface area contributed by atoms with Crippen LogP contribution >= 0.6 is 15.9 Å². The molecule has 0 radical (unpaired) electrons. The van der Waals surface area contributed by atoms with Crippen LogP contribution in [0, 0.1) is 16.0 Å². The molecule has 1 aliphatic heterocycles. The average molecular weight is 356 g/mol. The second-order valence-electron chi connectivity index (χ2n) is 5.05. The quantitative estimate of drug-likeness (QED) is 0.665. The Morgan fingerprint density at radius 3 is 2.67 bits per heavy atom. The van der Waals surface area contributed by atoms with Crippen molar-refractivity contribution in [1.82, 2.24) is 5.32 Å². The van der Waals surface area contributed by atoms with E-state index in [-0.39, 0.29) is 17.5 Å². The molecule has 1 fully saturated rings. The Morgan fingerprint density at radius 2 is 2.14 bits per heavy atom. The predicted octanol–water partition coefficient (Wildman–Crippen LogP) is 2.71. The number of non-ortho nitro benzene ring substituents is 1. The molecule has 0 bridgehead atoms. The molecule has 1 saturated heterocycles. The first kappa shape index (κ1) is 15.8. The van der Waals surface area contributed by atoms with Crippen molar-refractivity contribution >= 4 is 33.2 Å². The molecule has 7 heteroatoms. The minimum Gasteiger partial charge on any atom is -0.371 e. The predicted molar refractivity (Wildman–Crippen MR) is 84.4 cm³/mol. The summed E-state index contributed by atoms with van der Waals surface area (Å²) in [5.41, 5.74) is 1.01. The van der Waals surface area contributed by atoms with Crippen LogP contribution in [-0.4, -0.2) is 30.5 Å². The minimum atomic E-state index is -0.407. The number of halogens is 1. The zero-order chi connectivity index (χ0) is 15.4. The second kappa shape index (κ2) is 6.89. The maximum absolute atomic E-state index is 11.8. The number of anilines is 1. The highest BCUT2D eigenvalue weighted by Gasteiger charge is 2.25. The van der Waals surface area contributed by atoms with Gasteiger partial charge in [-0.25, -0.2) is 0 Å². The fourth-order valence-corrected chi connectivity index (χ4v) is 3.18. The van der Waals surface area contributed by atoms with Gasteiger partial charge in [0.1, 0.15) is 0 Å². The number of hydrogen-bond acceptors (Lipinski definition) is 4. The van der Waals surface area contributed by atoms with Crippen molar-refractivity contribution in [2.45, 2.75) is 19.8 Å². The summed E-state index contributed by atoms with van der Waals surface area (Å²) in [7, 11) is 0. The number of rotatable bonds is 4. The first-order valence-corrected chi connectivity index (χ1v) is 7.78. The molecule has 1 heterocycles. The van der Waals surface area contributed by atoms with Gasteiger partial charge in [0.25, 0.3) is 5.69 Å². The van der Waals surface area contributed by atoms with Crippen molar-refractivity contribution in [2.24, 2.45) is 5.92 Å². The van der Waals surface area contributed by atoms with Crippen molar-refractivity contribution in [3.63, 3.8) is 0 Å². The molecule has 2 rings (SSSR count). The van der Waals surface area contributed by atoms with Gasteiger partial charge in [0, 0.05) is 42.2 Å². The number of piperidine rings is 1.